The summed E-state index contributed by atoms with van der Waals surface area (Å²) in [6.07, 6.45) is 1.11. The molecule has 0 fully saturated rings. The van der Waals surface area contributed by atoms with Gasteiger partial charge in [0, 0.05) is 0 Å². The monoisotopic (exact) mass is 180 g/mol. The third-order valence-corrected chi connectivity index (χ3v) is 2.26. The van der Waals surface area contributed by atoms with E-state index in [0.29, 0.717) is 0 Å². The van der Waals surface area contributed by atoms with Gasteiger partial charge in [0.1, 0.15) is 0 Å². The summed E-state index contributed by atoms with van der Waals surface area (Å²) in [4.78, 5) is 0. The van der Waals surface area contributed by atoms with Crippen LogP contribution in [0.1, 0.15) is 13.9 Å². The molecule has 0 aliphatic heterocycles. The summed E-state index contributed by atoms with van der Waals surface area (Å²) in [6.45, 7) is 2.20. The van der Waals surface area contributed by atoms with Crippen LogP contribution in [0.5, 0.6) is 0 Å². The largest absolute Gasteiger partial charge is 1.00 e. The molecule has 0 unspecified atom stereocenters. The fourth-order valence-electron chi connectivity index (χ4n) is 1.60. The Labute approximate surface area is 103 Å². The van der Waals surface area contributed by atoms with Gasteiger partial charge in [0.05, 0.1) is 0 Å². The van der Waals surface area contributed by atoms with E-state index in [1.165, 1.54) is 16.3 Å². The third-order valence-electron chi connectivity index (χ3n) is 2.26. The first kappa shape index (κ1) is 10.8. The van der Waals surface area contributed by atoms with Crippen molar-refractivity contribution in [1.82, 2.24) is 0 Å². The summed E-state index contributed by atoms with van der Waals surface area (Å²) < 4.78 is 0. The van der Waals surface area contributed by atoms with Crippen LogP contribution in [0.4, 0.5) is 0 Å². The van der Waals surface area contributed by atoms with E-state index in [0.717, 1.165) is 6.42 Å². The molecule has 0 saturated carbocycles. The van der Waals surface area contributed by atoms with Crippen LogP contribution in [0.2, 0.25) is 0 Å². The maximum atomic E-state index is 2.20. The average Bonchev–Trinajstić information content (AvgIpc) is 2.17. The Hall–Kier alpha value is -0.300. The normalized spacial score (nSPS) is 9.62. The molecule has 0 aromatic heterocycles. The number of hydrogen-bond acceptors (Lipinski definition) is 0. The number of rotatable bonds is 1. The maximum absolute atomic E-state index is 2.20. The minimum absolute atomic E-state index is 0. The van der Waals surface area contributed by atoms with Crippen molar-refractivity contribution >= 4 is 10.8 Å². The Kier molecular flexibility index (Phi) is 3.98. The van der Waals surface area contributed by atoms with Gasteiger partial charge in [-0.15, -0.1) is 0 Å². The van der Waals surface area contributed by atoms with Crippen LogP contribution in [0.25, 0.3) is 10.8 Å². The van der Waals surface area contributed by atoms with E-state index < -0.39 is 0 Å². The SMILES string of the molecule is CCc1cccc2ccccc12.[H-].[Na+]. The van der Waals surface area contributed by atoms with Crippen LogP contribution < -0.4 is 29.6 Å². The molecule has 1 heteroatoms. The van der Waals surface area contributed by atoms with Crippen LogP contribution in [-0.2, 0) is 6.42 Å². The molecule has 0 aliphatic carbocycles. The molecule has 0 bridgehead atoms. The van der Waals surface area contributed by atoms with E-state index in [9.17, 15) is 0 Å². The summed E-state index contributed by atoms with van der Waals surface area (Å²) in [7, 11) is 0. The summed E-state index contributed by atoms with van der Waals surface area (Å²) in [5.74, 6) is 0. The molecule has 62 valence electrons. The Morgan fingerprint density at radius 3 is 2.46 bits per heavy atom. The maximum Gasteiger partial charge on any atom is 1.00 e. The van der Waals surface area contributed by atoms with Gasteiger partial charge in [-0.2, -0.15) is 0 Å². The topological polar surface area (TPSA) is 0 Å². The molecule has 0 heterocycles. The quantitative estimate of drug-likeness (QED) is 0.561. The van der Waals surface area contributed by atoms with Gasteiger partial charge < -0.3 is 1.43 Å². The van der Waals surface area contributed by atoms with Crippen LogP contribution in [0, 0.1) is 0 Å². The molecule has 0 nitrogen and oxygen atoms in total. The molecule has 2 aromatic carbocycles. The van der Waals surface area contributed by atoms with Crippen molar-refractivity contribution in [2.75, 3.05) is 0 Å². The summed E-state index contributed by atoms with van der Waals surface area (Å²) in [5, 5.41) is 2.74. The van der Waals surface area contributed by atoms with Crippen LogP contribution in [0.3, 0.4) is 0 Å². The molecule has 0 amide bonds. The third kappa shape index (κ3) is 2.14. The van der Waals surface area contributed by atoms with Gasteiger partial charge in [0.25, 0.3) is 0 Å². The summed E-state index contributed by atoms with van der Waals surface area (Å²) in [5.41, 5.74) is 1.44. The van der Waals surface area contributed by atoms with Crippen LogP contribution in [-0.4, -0.2) is 0 Å². The fourth-order valence-corrected chi connectivity index (χ4v) is 1.60. The fraction of sp³-hybridized carbons (Fsp3) is 0.167. The van der Waals surface area contributed by atoms with Gasteiger partial charge in [0.2, 0.25) is 0 Å². The standard InChI is InChI=1S/C12H12.Na.H/c1-2-10-7-5-8-11-6-3-4-9-12(10)11;;/h3-9H,2H2,1H3;;/q;+1;-1. The van der Waals surface area contributed by atoms with E-state index >= 15 is 0 Å². The molecule has 0 atom stereocenters. The molecule has 13 heavy (non-hydrogen) atoms. The van der Waals surface area contributed by atoms with Gasteiger partial charge in [-0.05, 0) is 22.8 Å². The van der Waals surface area contributed by atoms with E-state index in [2.05, 4.69) is 49.4 Å². The minimum atomic E-state index is 0. The predicted molar refractivity (Wildman–Crippen MR) is 54.4 cm³/mol. The number of hydrogen-bond donors (Lipinski definition) is 0. The number of benzene rings is 2. The zero-order valence-electron chi connectivity index (χ0n) is 9.25. The van der Waals surface area contributed by atoms with E-state index in [-0.39, 0.29) is 31.0 Å². The first-order valence-electron chi connectivity index (χ1n) is 4.38. The Morgan fingerprint density at radius 1 is 1.00 bits per heavy atom. The smallest absolute Gasteiger partial charge is 1.00 e. The number of fused-ring (bicyclic) bond motifs is 1. The molecule has 0 saturated heterocycles. The van der Waals surface area contributed by atoms with Gasteiger partial charge >= 0.3 is 29.6 Å². The molecule has 2 rings (SSSR count). The van der Waals surface area contributed by atoms with Gasteiger partial charge in [-0.3, -0.25) is 0 Å². The molecule has 0 spiro atoms. The van der Waals surface area contributed by atoms with E-state index in [4.69, 9.17) is 0 Å². The van der Waals surface area contributed by atoms with Crippen molar-refractivity contribution < 1.29 is 31.0 Å². The summed E-state index contributed by atoms with van der Waals surface area (Å²) in [6, 6.07) is 15.0. The van der Waals surface area contributed by atoms with Crippen LogP contribution >= 0.6 is 0 Å². The van der Waals surface area contributed by atoms with Gasteiger partial charge in [-0.25, -0.2) is 0 Å². The second-order valence-corrected chi connectivity index (χ2v) is 2.99. The van der Waals surface area contributed by atoms with E-state index in [1.807, 2.05) is 0 Å². The van der Waals surface area contributed by atoms with Crippen LogP contribution in [0.15, 0.2) is 42.5 Å². The zero-order chi connectivity index (χ0) is 8.39. The van der Waals surface area contributed by atoms with Crippen molar-refractivity contribution in [3.63, 3.8) is 0 Å². The van der Waals surface area contributed by atoms with Crippen molar-refractivity contribution in [2.45, 2.75) is 13.3 Å². The molecule has 0 aliphatic rings. The Morgan fingerprint density at radius 2 is 1.69 bits per heavy atom. The van der Waals surface area contributed by atoms with Crippen molar-refractivity contribution in [1.29, 1.82) is 0 Å². The minimum Gasteiger partial charge on any atom is -1.00 e. The number of aryl methyl sites for hydroxylation is 1. The summed E-state index contributed by atoms with van der Waals surface area (Å²) >= 11 is 0. The second kappa shape index (κ2) is 4.80. The van der Waals surface area contributed by atoms with Crippen molar-refractivity contribution in [3.8, 4) is 0 Å². The van der Waals surface area contributed by atoms with Crippen molar-refractivity contribution in [3.05, 3.63) is 48.0 Å². The van der Waals surface area contributed by atoms with E-state index in [1.54, 1.807) is 0 Å². The van der Waals surface area contributed by atoms with Gasteiger partial charge in [-0.1, -0.05) is 49.4 Å². The average molecular weight is 180 g/mol. The van der Waals surface area contributed by atoms with Crippen molar-refractivity contribution in [2.24, 2.45) is 0 Å². The first-order chi connectivity index (χ1) is 5.92. The first-order valence-corrected chi connectivity index (χ1v) is 4.38. The molecule has 0 N–H and O–H groups in total. The second-order valence-electron chi connectivity index (χ2n) is 2.99. The zero-order valence-corrected chi connectivity index (χ0v) is 10.2. The Balaban J connectivity index is 0.000000845. The van der Waals surface area contributed by atoms with Gasteiger partial charge in [0.15, 0.2) is 0 Å². The molecule has 0 radical (unpaired) electrons. The molecular weight excluding hydrogens is 167 g/mol. The molecule has 2 aromatic rings. The Bertz CT molecular complexity index is 393. The molecular formula is C12H13Na. The predicted octanol–water partition coefficient (Wildman–Crippen LogP) is 0.519.